The maximum Gasteiger partial charge on any atom is 0.170 e. The van der Waals surface area contributed by atoms with Crippen molar-refractivity contribution in [1.29, 1.82) is 0 Å². The molecule has 17 heavy (non-hydrogen) atoms. The van der Waals surface area contributed by atoms with Gasteiger partial charge in [0.25, 0.3) is 0 Å². The molecule has 0 N–H and O–H groups in total. The molecule has 0 amide bonds. The van der Waals surface area contributed by atoms with Crippen LogP contribution in [0.5, 0.6) is 0 Å². The molecule has 0 saturated heterocycles. The number of carbonyl (C=O) groups excluding carboxylic acids is 1. The van der Waals surface area contributed by atoms with Crippen molar-refractivity contribution in [3.63, 3.8) is 0 Å². The largest absolute Gasteiger partial charge is 0.294 e. The third kappa shape index (κ3) is 2.59. The van der Waals surface area contributed by atoms with E-state index in [0.717, 1.165) is 5.56 Å². The second-order valence-electron chi connectivity index (χ2n) is 4.00. The number of rotatable bonds is 3. The molecule has 2 rings (SSSR count). The third-order valence-electron chi connectivity index (χ3n) is 2.82. The molecule has 0 saturated carbocycles. The normalized spacial score (nSPS) is 12.1. The minimum absolute atomic E-state index is 0.0104. The summed E-state index contributed by atoms with van der Waals surface area (Å²) in [6, 6.07) is 15.2. The van der Waals surface area contributed by atoms with E-state index >= 15 is 0 Å². The van der Waals surface area contributed by atoms with Crippen LogP contribution in [0.2, 0.25) is 0 Å². The van der Waals surface area contributed by atoms with Crippen LogP contribution in [-0.2, 0) is 0 Å². The van der Waals surface area contributed by atoms with Gasteiger partial charge in [-0.3, -0.25) is 4.79 Å². The Labute approximate surface area is 99.9 Å². The first-order valence-corrected chi connectivity index (χ1v) is 5.53. The smallest absolute Gasteiger partial charge is 0.170 e. The predicted octanol–water partition coefficient (Wildman–Crippen LogP) is 3.81. The molecule has 86 valence electrons. The lowest BCUT2D eigenvalue weighted by Gasteiger charge is -2.10. The quantitative estimate of drug-likeness (QED) is 0.730. The fourth-order valence-electron chi connectivity index (χ4n) is 1.76. The molecule has 2 aromatic rings. The average molecular weight is 228 g/mol. The van der Waals surface area contributed by atoms with Gasteiger partial charge in [0.15, 0.2) is 5.78 Å². The Kier molecular flexibility index (Phi) is 3.33. The van der Waals surface area contributed by atoms with Crippen molar-refractivity contribution in [2.75, 3.05) is 0 Å². The summed E-state index contributed by atoms with van der Waals surface area (Å²) in [4.78, 5) is 12.1. The molecule has 1 atom stereocenters. The Morgan fingerprint density at radius 3 is 2.18 bits per heavy atom. The van der Waals surface area contributed by atoms with Gasteiger partial charge in [0.2, 0.25) is 0 Å². The van der Waals surface area contributed by atoms with Gasteiger partial charge < -0.3 is 0 Å². The van der Waals surface area contributed by atoms with E-state index in [1.807, 2.05) is 37.3 Å². The molecule has 1 nitrogen and oxygen atoms in total. The van der Waals surface area contributed by atoms with Gasteiger partial charge in [-0.2, -0.15) is 0 Å². The van der Waals surface area contributed by atoms with Gasteiger partial charge in [0.05, 0.1) is 0 Å². The summed E-state index contributed by atoms with van der Waals surface area (Å²) in [7, 11) is 0. The fourth-order valence-corrected chi connectivity index (χ4v) is 1.76. The number of benzene rings is 2. The first-order chi connectivity index (χ1) is 8.18. The van der Waals surface area contributed by atoms with Crippen LogP contribution in [0.3, 0.4) is 0 Å². The lowest BCUT2D eigenvalue weighted by Crippen LogP contribution is -2.09. The maximum absolute atomic E-state index is 12.8. The Morgan fingerprint density at radius 1 is 1.00 bits per heavy atom. The lowest BCUT2D eigenvalue weighted by atomic mass is 9.92. The summed E-state index contributed by atoms with van der Waals surface area (Å²) >= 11 is 0. The van der Waals surface area contributed by atoms with Gasteiger partial charge >= 0.3 is 0 Å². The van der Waals surface area contributed by atoms with Crippen LogP contribution in [0.25, 0.3) is 0 Å². The summed E-state index contributed by atoms with van der Waals surface area (Å²) in [5, 5.41) is 0. The molecule has 2 heteroatoms. The molecular formula is C15H13FO. The van der Waals surface area contributed by atoms with Gasteiger partial charge in [0.1, 0.15) is 5.82 Å². The SMILES string of the molecule is CC(C(=O)c1ccc(F)cc1)c1ccccc1. The monoisotopic (exact) mass is 228 g/mol. The number of ketones is 1. The predicted molar refractivity (Wildman–Crippen MR) is 65.6 cm³/mol. The van der Waals surface area contributed by atoms with Crippen LogP contribution in [0, 0.1) is 5.82 Å². The van der Waals surface area contributed by atoms with Gasteiger partial charge in [-0.25, -0.2) is 4.39 Å². The highest BCUT2D eigenvalue weighted by Gasteiger charge is 2.16. The van der Waals surface area contributed by atoms with Crippen LogP contribution < -0.4 is 0 Å². The molecule has 2 aromatic carbocycles. The molecule has 0 aliphatic heterocycles. The van der Waals surface area contributed by atoms with Gasteiger partial charge in [-0.15, -0.1) is 0 Å². The van der Waals surface area contributed by atoms with Crippen molar-refractivity contribution in [3.8, 4) is 0 Å². The standard InChI is InChI=1S/C15H13FO/c1-11(12-5-3-2-4-6-12)15(17)13-7-9-14(16)10-8-13/h2-11H,1H3. The summed E-state index contributed by atoms with van der Waals surface area (Å²) < 4.78 is 12.8. The highest BCUT2D eigenvalue weighted by atomic mass is 19.1. The highest BCUT2D eigenvalue weighted by Crippen LogP contribution is 2.20. The fraction of sp³-hybridized carbons (Fsp3) is 0.133. The molecule has 0 heterocycles. The van der Waals surface area contributed by atoms with Crippen molar-refractivity contribution in [3.05, 3.63) is 71.5 Å². The first-order valence-electron chi connectivity index (χ1n) is 5.53. The van der Waals surface area contributed by atoms with Crippen LogP contribution >= 0.6 is 0 Å². The number of halogens is 1. The zero-order valence-electron chi connectivity index (χ0n) is 9.56. The van der Waals surface area contributed by atoms with E-state index in [4.69, 9.17) is 0 Å². The summed E-state index contributed by atoms with van der Waals surface area (Å²) in [5.41, 5.74) is 1.52. The topological polar surface area (TPSA) is 17.1 Å². The van der Waals surface area contributed by atoms with Crippen molar-refractivity contribution in [2.45, 2.75) is 12.8 Å². The number of hydrogen-bond donors (Lipinski definition) is 0. The highest BCUT2D eigenvalue weighted by molar-refractivity contribution is 6.00. The Bertz CT molecular complexity index is 502. The van der Waals surface area contributed by atoms with E-state index in [-0.39, 0.29) is 17.5 Å². The minimum atomic E-state index is -0.325. The summed E-state index contributed by atoms with van der Waals surface area (Å²) in [6.45, 7) is 1.86. The molecular weight excluding hydrogens is 215 g/mol. The molecule has 0 aliphatic carbocycles. The molecule has 0 radical (unpaired) electrons. The maximum atomic E-state index is 12.8. The summed E-state index contributed by atoms with van der Waals surface area (Å²) in [5.74, 6) is -0.522. The van der Waals surface area contributed by atoms with E-state index in [1.54, 1.807) is 0 Å². The average Bonchev–Trinajstić information content (AvgIpc) is 2.39. The Morgan fingerprint density at radius 2 is 1.59 bits per heavy atom. The van der Waals surface area contributed by atoms with Gasteiger partial charge in [-0.1, -0.05) is 37.3 Å². The van der Waals surface area contributed by atoms with E-state index in [9.17, 15) is 9.18 Å². The molecule has 0 fully saturated rings. The number of hydrogen-bond acceptors (Lipinski definition) is 1. The van der Waals surface area contributed by atoms with Crippen molar-refractivity contribution in [2.24, 2.45) is 0 Å². The minimum Gasteiger partial charge on any atom is -0.294 e. The zero-order valence-corrected chi connectivity index (χ0v) is 9.56. The lowest BCUT2D eigenvalue weighted by molar-refractivity contribution is 0.0966. The van der Waals surface area contributed by atoms with Gasteiger partial charge in [0, 0.05) is 11.5 Å². The van der Waals surface area contributed by atoms with Crippen LogP contribution in [0.1, 0.15) is 28.8 Å². The Balaban J connectivity index is 2.23. The molecule has 0 bridgehead atoms. The molecule has 0 aromatic heterocycles. The van der Waals surface area contributed by atoms with E-state index in [2.05, 4.69) is 0 Å². The van der Waals surface area contributed by atoms with Crippen LogP contribution in [0.4, 0.5) is 4.39 Å². The second-order valence-corrected chi connectivity index (χ2v) is 4.00. The molecule has 0 aliphatic rings. The van der Waals surface area contributed by atoms with Crippen molar-refractivity contribution >= 4 is 5.78 Å². The van der Waals surface area contributed by atoms with Crippen LogP contribution in [-0.4, -0.2) is 5.78 Å². The van der Waals surface area contributed by atoms with E-state index in [0.29, 0.717) is 5.56 Å². The number of Topliss-reactive ketones (excluding diaryl/α,β-unsaturated/α-hetero) is 1. The second kappa shape index (κ2) is 4.91. The van der Waals surface area contributed by atoms with Crippen LogP contribution in [0.15, 0.2) is 54.6 Å². The van der Waals surface area contributed by atoms with E-state index < -0.39 is 0 Å². The van der Waals surface area contributed by atoms with E-state index in [1.165, 1.54) is 24.3 Å². The van der Waals surface area contributed by atoms with Crippen molar-refractivity contribution in [1.82, 2.24) is 0 Å². The zero-order chi connectivity index (χ0) is 12.3. The third-order valence-corrected chi connectivity index (χ3v) is 2.82. The Hall–Kier alpha value is -1.96. The molecule has 1 unspecified atom stereocenters. The summed E-state index contributed by atoms with van der Waals surface area (Å²) in [6.07, 6.45) is 0. The molecule has 0 spiro atoms. The van der Waals surface area contributed by atoms with Gasteiger partial charge in [-0.05, 0) is 29.8 Å². The van der Waals surface area contributed by atoms with Crippen molar-refractivity contribution < 1.29 is 9.18 Å². The first kappa shape index (κ1) is 11.5. The number of carbonyl (C=O) groups is 1.